The average molecular weight is 242 g/mol. The average Bonchev–Trinajstić information content (AvgIpc) is 2.67. The topological polar surface area (TPSA) is 50.8 Å². The van der Waals surface area contributed by atoms with Gasteiger partial charge in [0.05, 0.1) is 25.7 Å². The van der Waals surface area contributed by atoms with Crippen molar-refractivity contribution in [1.29, 1.82) is 0 Å². The highest BCUT2D eigenvalue weighted by Crippen LogP contribution is 2.25. The Labute approximate surface area is 102 Å². The molecule has 2 atom stereocenters. The van der Waals surface area contributed by atoms with Crippen molar-refractivity contribution in [2.45, 2.75) is 18.9 Å². The van der Waals surface area contributed by atoms with E-state index in [1.165, 1.54) is 0 Å². The van der Waals surface area contributed by atoms with Gasteiger partial charge in [0.25, 0.3) is 0 Å². The summed E-state index contributed by atoms with van der Waals surface area (Å²) in [7, 11) is 1.66. The fraction of sp³-hybridized carbons (Fsp3) is 0.917. The van der Waals surface area contributed by atoms with E-state index >= 15 is 0 Å². The van der Waals surface area contributed by atoms with Gasteiger partial charge in [-0.15, -0.1) is 0 Å². The lowest BCUT2D eigenvalue weighted by Gasteiger charge is -2.23. The molecule has 2 fully saturated rings. The van der Waals surface area contributed by atoms with Crippen LogP contribution < -0.4 is 5.32 Å². The summed E-state index contributed by atoms with van der Waals surface area (Å²) < 4.78 is 10.3. The van der Waals surface area contributed by atoms with Crippen LogP contribution in [0.5, 0.6) is 0 Å². The molecule has 2 unspecified atom stereocenters. The number of hydrogen-bond acceptors (Lipinski definition) is 4. The number of nitrogens with zero attached hydrogens (tertiary/aromatic N) is 1. The Morgan fingerprint density at radius 3 is 3.06 bits per heavy atom. The quantitative estimate of drug-likeness (QED) is 0.659. The van der Waals surface area contributed by atoms with Crippen LogP contribution in [0.4, 0.5) is 0 Å². The zero-order chi connectivity index (χ0) is 12.1. The molecule has 1 amide bonds. The predicted molar refractivity (Wildman–Crippen MR) is 63.8 cm³/mol. The van der Waals surface area contributed by atoms with E-state index in [4.69, 9.17) is 9.47 Å². The molecule has 0 saturated carbocycles. The van der Waals surface area contributed by atoms with Crippen LogP contribution in [0.3, 0.4) is 0 Å². The number of likely N-dealkylation sites (tertiary alicyclic amines) is 1. The summed E-state index contributed by atoms with van der Waals surface area (Å²) in [4.78, 5) is 14.0. The van der Waals surface area contributed by atoms with Gasteiger partial charge in [0.2, 0.25) is 5.91 Å². The van der Waals surface area contributed by atoms with E-state index in [2.05, 4.69) is 5.32 Å². The van der Waals surface area contributed by atoms with Crippen molar-refractivity contribution in [3.63, 3.8) is 0 Å². The number of ether oxygens (including phenoxy) is 2. The van der Waals surface area contributed by atoms with Crippen molar-refractivity contribution in [2.75, 3.05) is 46.6 Å². The first kappa shape index (κ1) is 12.8. The van der Waals surface area contributed by atoms with Crippen LogP contribution in [0.2, 0.25) is 0 Å². The number of hydrogen-bond donors (Lipinski definition) is 1. The molecular formula is C12H22N2O3. The molecule has 17 heavy (non-hydrogen) atoms. The number of amides is 1. The van der Waals surface area contributed by atoms with E-state index in [-0.39, 0.29) is 5.92 Å². The Balaban J connectivity index is 1.69. The van der Waals surface area contributed by atoms with Crippen LogP contribution in [-0.4, -0.2) is 63.4 Å². The molecule has 1 N–H and O–H groups in total. The maximum atomic E-state index is 12.1. The Morgan fingerprint density at radius 2 is 2.29 bits per heavy atom. The minimum Gasteiger partial charge on any atom is -0.382 e. The highest BCUT2D eigenvalue weighted by Gasteiger charge is 2.40. The molecule has 5 heteroatoms. The van der Waals surface area contributed by atoms with Gasteiger partial charge in [0.1, 0.15) is 0 Å². The third-order valence-corrected chi connectivity index (χ3v) is 3.57. The summed E-state index contributed by atoms with van der Waals surface area (Å²) in [6.45, 7) is 4.42. The smallest absolute Gasteiger partial charge is 0.227 e. The normalized spacial score (nSPS) is 28.5. The van der Waals surface area contributed by atoms with E-state index in [0.717, 1.165) is 25.9 Å². The first-order chi connectivity index (χ1) is 8.33. The first-order valence-electron chi connectivity index (χ1n) is 6.42. The standard InChI is InChI=1S/C12H22N2O3/c1-16-7-8-17-6-5-14-9-11-10(12(14)15)3-2-4-13-11/h10-11,13H,2-9H2,1H3. The summed E-state index contributed by atoms with van der Waals surface area (Å²) in [6, 6.07) is 0.371. The van der Waals surface area contributed by atoms with Gasteiger partial charge in [-0.3, -0.25) is 4.79 Å². The number of fused-ring (bicyclic) bond motifs is 1. The van der Waals surface area contributed by atoms with E-state index in [9.17, 15) is 4.79 Å². The SMILES string of the molecule is COCCOCCN1CC2NCCCC2C1=O. The van der Waals surface area contributed by atoms with Crippen molar-refractivity contribution in [2.24, 2.45) is 5.92 Å². The van der Waals surface area contributed by atoms with Crippen LogP contribution in [0.1, 0.15) is 12.8 Å². The molecule has 2 heterocycles. The number of carbonyl (C=O) groups is 1. The van der Waals surface area contributed by atoms with Gasteiger partial charge >= 0.3 is 0 Å². The molecule has 0 aromatic carbocycles. The highest BCUT2D eigenvalue weighted by molar-refractivity contribution is 5.82. The Hall–Kier alpha value is -0.650. The molecule has 2 aliphatic heterocycles. The monoisotopic (exact) mass is 242 g/mol. The fourth-order valence-corrected chi connectivity index (χ4v) is 2.62. The Morgan fingerprint density at radius 1 is 1.41 bits per heavy atom. The molecule has 2 saturated heterocycles. The van der Waals surface area contributed by atoms with Crippen LogP contribution in [0.15, 0.2) is 0 Å². The second-order valence-electron chi connectivity index (χ2n) is 4.70. The Kier molecular flexibility index (Phi) is 4.76. The lowest BCUT2D eigenvalue weighted by Crippen LogP contribution is -2.41. The lowest BCUT2D eigenvalue weighted by atomic mass is 9.94. The largest absolute Gasteiger partial charge is 0.382 e. The zero-order valence-corrected chi connectivity index (χ0v) is 10.5. The number of nitrogens with one attached hydrogen (secondary N) is 1. The van der Waals surface area contributed by atoms with Gasteiger partial charge in [-0.1, -0.05) is 0 Å². The highest BCUT2D eigenvalue weighted by atomic mass is 16.5. The van der Waals surface area contributed by atoms with E-state index in [1.807, 2.05) is 4.90 Å². The number of piperidine rings is 1. The van der Waals surface area contributed by atoms with Crippen molar-refractivity contribution in [1.82, 2.24) is 10.2 Å². The van der Waals surface area contributed by atoms with Gasteiger partial charge < -0.3 is 19.7 Å². The molecule has 0 radical (unpaired) electrons. The van der Waals surface area contributed by atoms with Crippen molar-refractivity contribution in [3.05, 3.63) is 0 Å². The molecular weight excluding hydrogens is 220 g/mol. The third-order valence-electron chi connectivity index (χ3n) is 3.57. The van der Waals surface area contributed by atoms with E-state index in [0.29, 0.717) is 38.3 Å². The summed E-state index contributed by atoms with van der Waals surface area (Å²) in [5.41, 5.74) is 0. The number of rotatable bonds is 6. The third kappa shape index (κ3) is 3.18. The number of methoxy groups -OCH3 is 1. The summed E-state index contributed by atoms with van der Waals surface area (Å²) in [5, 5.41) is 3.43. The van der Waals surface area contributed by atoms with Crippen molar-refractivity contribution >= 4 is 5.91 Å². The molecule has 98 valence electrons. The first-order valence-corrected chi connectivity index (χ1v) is 6.42. The minimum atomic E-state index is 0.211. The summed E-state index contributed by atoms with van der Waals surface area (Å²) in [6.07, 6.45) is 2.16. The summed E-state index contributed by atoms with van der Waals surface area (Å²) in [5.74, 6) is 0.514. The molecule has 2 aliphatic rings. The molecule has 5 nitrogen and oxygen atoms in total. The zero-order valence-electron chi connectivity index (χ0n) is 10.5. The second kappa shape index (κ2) is 6.33. The Bertz CT molecular complexity index is 260. The van der Waals surface area contributed by atoms with E-state index < -0.39 is 0 Å². The van der Waals surface area contributed by atoms with Crippen LogP contribution in [-0.2, 0) is 14.3 Å². The second-order valence-corrected chi connectivity index (χ2v) is 4.70. The van der Waals surface area contributed by atoms with Gasteiger partial charge in [-0.2, -0.15) is 0 Å². The fourth-order valence-electron chi connectivity index (χ4n) is 2.62. The maximum absolute atomic E-state index is 12.1. The van der Waals surface area contributed by atoms with Crippen molar-refractivity contribution in [3.8, 4) is 0 Å². The molecule has 0 spiro atoms. The molecule has 2 rings (SSSR count). The van der Waals surface area contributed by atoms with Gasteiger partial charge in [0, 0.05) is 26.2 Å². The predicted octanol–water partition coefficient (Wildman–Crippen LogP) is -0.140. The minimum absolute atomic E-state index is 0.211. The molecule has 0 aromatic rings. The number of carbonyl (C=O) groups excluding carboxylic acids is 1. The molecule has 0 aliphatic carbocycles. The molecule has 0 aromatic heterocycles. The van der Waals surface area contributed by atoms with Gasteiger partial charge in [-0.25, -0.2) is 0 Å². The maximum Gasteiger partial charge on any atom is 0.227 e. The van der Waals surface area contributed by atoms with Crippen LogP contribution in [0.25, 0.3) is 0 Å². The molecule has 0 bridgehead atoms. The summed E-state index contributed by atoms with van der Waals surface area (Å²) >= 11 is 0. The lowest BCUT2D eigenvalue weighted by molar-refractivity contribution is -0.132. The van der Waals surface area contributed by atoms with Gasteiger partial charge in [0.15, 0.2) is 0 Å². The van der Waals surface area contributed by atoms with Crippen LogP contribution in [0, 0.1) is 5.92 Å². The van der Waals surface area contributed by atoms with Crippen molar-refractivity contribution < 1.29 is 14.3 Å². The van der Waals surface area contributed by atoms with Gasteiger partial charge in [-0.05, 0) is 19.4 Å². The van der Waals surface area contributed by atoms with Crippen LogP contribution >= 0.6 is 0 Å². The van der Waals surface area contributed by atoms with E-state index in [1.54, 1.807) is 7.11 Å².